The molecule has 1 aliphatic rings. The number of aryl methyl sites for hydroxylation is 3. The number of nitrogens with zero attached hydrogens (tertiary/aromatic N) is 3. The van der Waals surface area contributed by atoms with Crippen LogP contribution in [0.4, 0.5) is 5.69 Å². The molecule has 0 saturated carbocycles. The van der Waals surface area contributed by atoms with Gasteiger partial charge in [0.1, 0.15) is 5.25 Å². The van der Waals surface area contributed by atoms with Crippen molar-refractivity contribution in [3.05, 3.63) is 95.1 Å². The molecule has 2 atom stereocenters. The summed E-state index contributed by atoms with van der Waals surface area (Å²) in [6.07, 6.45) is 0. The number of amides is 1. The van der Waals surface area contributed by atoms with E-state index < -0.39 is 5.25 Å². The fourth-order valence-electron chi connectivity index (χ4n) is 4.31. The minimum Gasteiger partial charge on any atom is -0.325 e. The lowest BCUT2D eigenvalue weighted by Gasteiger charge is -2.33. The van der Waals surface area contributed by atoms with Gasteiger partial charge in [-0.2, -0.15) is 0 Å². The molecule has 0 saturated heterocycles. The molecule has 7 heteroatoms. The third-order valence-electron chi connectivity index (χ3n) is 5.81. The normalized spacial score (nSPS) is 17.2. The van der Waals surface area contributed by atoms with Crippen LogP contribution in [0, 0.1) is 20.8 Å². The minimum absolute atomic E-state index is 0.0630. The summed E-state index contributed by atoms with van der Waals surface area (Å²) in [7, 11) is 0. The molecular formula is C26H25N5OS. The standard InChI is InChI=1S/C26H25N5OS/c1-16-14-17(2)21(18(3)15-16)27-25(32)23-22(19-10-6-4-7-11-19)30-31-24(28-29-26(31)33-23)20-12-8-5-9-13-20/h4-15,22-23,30H,1-3H3,(H,27,32). The number of nitrogens with one attached hydrogen (secondary N) is 2. The molecule has 2 heterocycles. The first-order valence-electron chi connectivity index (χ1n) is 10.9. The minimum atomic E-state index is -0.423. The summed E-state index contributed by atoms with van der Waals surface area (Å²) >= 11 is 1.43. The van der Waals surface area contributed by atoms with Crippen LogP contribution in [0.3, 0.4) is 0 Å². The number of hydrogen-bond acceptors (Lipinski definition) is 5. The number of carbonyl (C=O) groups excluding carboxylic acids is 1. The van der Waals surface area contributed by atoms with Crippen molar-refractivity contribution in [2.24, 2.45) is 0 Å². The van der Waals surface area contributed by atoms with Crippen molar-refractivity contribution in [3.8, 4) is 11.4 Å². The van der Waals surface area contributed by atoms with E-state index in [2.05, 4.69) is 40.0 Å². The van der Waals surface area contributed by atoms with E-state index in [9.17, 15) is 4.79 Å². The van der Waals surface area contributed by atoms with Gasteiger partial charge < -0.3 is 10.7 Å². The SMILES string of the molecule is Cc1cc(C)c(NC(=O)C2Sc3nnc(-c4ccccc4)n3NC2c2ccccc2)c(C)c1. The predicted molar refractivity (Wildman–Crippen MR) is 133 cm³/mol. The highest BCUT2D eigenvalue weighted by Gasteiger charge is 2.38. The highest BCUT2D eigenvalue weighted by molar-refractivity contribution is 8.00. The molecule has 5 rings (SSSR count). The third-order valence-corrected chi connectivity index (χ3v) is 7.03. The third kappa shape index (κ3) is 4.12. The molecular weight excluding hydrogens is 430 g/mol. The van der Waals surface area contributed by atoms with Gasteiger partial charge in [-0.05, 0) is 37.5 Å². The van der Waals surface area contributed by atoms with E-state index in [4.69, 9.17) is 0 Å². The van der Waals surface area contributed by atoms with E-state index in [0.717, 1.165) is 33.8 Å². The van der Waals surface area contributed by atoms with Crippen LogP contribution in [-0.4, -0.2) is 26.0 Å². The molecule has 0 bridgehead atoms. The zero-order valence-corrected chi connectivity index (χ0v) is 19.6. The highest BCUT2D eigenvalue weighted by atomic mass is 32.2. The van der Waals surface area contributed by atoms with E-state index in [0.29, 0.717) is 5.16 Å². The van der Waals surface area contributed by atoms with Gasteiger partial charge in [-0.15, -0.1) is 10.2 Å². The molecule has 3 aromatic carbocycles. The van der Waals surface area contributed by atoms with Gasteiger partial charge in [-0.3, -0.25) is 4.79 Å². The van der Waals surface area contributed by atoms with Gasteiger partial charge >= 0.3 is 0 Å². The molecule has 1 aromatic heterocycles. The smallest absolute Gasteiger partial charge is 0.240 e. The Bertz CT molecular complexity index is 1280. The van der Waals surface area contributed by atoms with Gasteiger partial charge in [-0.25, -0.2) is 4.68 Å². The van der Waals surface area contributed by atoms with E-state index in [-0.39, 0.29) is 11.9 Å². The Balaban J connectivity index is 1.52. The van der Waals surface area contributed by atoms with Crippen LogP contribution in [0.1, 0.15) is 28.3 Å². The number of aromatic nitrogens is 3. The maximum Gasteiger partial charge on any atom is 0.240 e. The van der Waals surface area contributed by atoms with Crippen molar-refractivity contribution in [1.82, 2.24) is 14.9 Å². The average Bonchev–Trinajstić information content (AvgIpc) is 3.24. The molecule has 33 heavy (non-hydrogen) atoms. The first-order valence-corrected chi connectivity index (χ1v) is 11.8. The zero-order valence-electron chi connectivity index (χ0n) is 18.7. The Morgan fingerprint density at radius 2 is 1.58 bits per heavy atom. The number of thioether (sulfide) groups is 1. The average molecular weight is 456 g/mol. The van der Waals surface area contributed by atoms with Crippen LogP contribution in [-0.2, 0) is 4.79 Å². The highest BCUT2D eigenvalue weighted by Crippen LogP contribution is 2.39. The van der Waals surface area contributed by atoms with Gasteiger partial charge in [-0.1, -0.05) is 90.1 Å². The largest absolute Gasteiger partial charge is 0.325 e. The summed E-state index contributed by atoms with van der Waals surface area (Å²) in [6.45, 7) is 6.12. The molecule has 2 N–H and O–H groups in total. The molecule has 6 nitrogen and oxygen atoms in total. The molecule has 0 radical (unpaired) electrons. The van der Waals surface area contributed by atoms with Crippen LogP contribution in [0.15, 0.2) is 78.0 Å². The van der Waals surface area contributed by atoms with Crippen LogP contribution < -0.4 is 10.7 Å². The lowest BCUT2D eigenvalue weighted by Crippen LogP contribution is -2.41. The Morgan fingerprint density at radius 1 is 0.939 bits per heavy atom. The van der Waals surface area contributed by atoms with E-state index >= 15 is 0 Å². The monoisotopic (exact) mass is 455 g/mol. The Morgan fingerprint density at radius 3 is 2.24 bits per heavy atom. The quantitative estimate of drug-likeness (QED) is 0.439. The van der Waals surface area contributed by atoms with Crippen LogP contribution in [0.25, 0.3) is 11.4 Å². The molecule has 0 fully saturated rings. The number of benzene rings is 3. The van der Waals surface area contributed by atoms with Gasteiger partial charge in [0.15, 0.2) is 5.82 Å². The predicted octanol–water partition coefficient (Wildman–Crippen LogP) is 5.27. The zero-order chi connectivity index (χ0) is 22.9. The second kappa shape index (κ2) is 8.75. The fraction of sp³-hybridized carbons (Fsp3) is 0.192. The molecule has 0 spiro atoms. The van der Waals surface area contributed by atoms with Gasteiger partial charge in [0.2, 0.25) is 11.1 Å². The molecule has 2 unspecified atom stereocenters. The summed E-state index contributed by atoms with van der Waals surface area (Å²) in [6, 6.07) is 23.9. The number of fused-ring (bicyclic) bond motifs is 1. The molecule has 166 valence electrons. The number of anilines is 1. The van der Waals surface area contributed by atoms with Gasteiger partial charge in [0, 0.05) is 11.3 Å². The molecule has 4 aromatic rings. The molecule has 1 amide bonds. The molecule has 1 aliphatic heterocycles. The van der Waals surface area contributed by atoms with Crippen molar-refractivity contribution in [1.29, 1.82) is 0 Å². The Labute approximate surface area is 197 Å². The lowest BCUT2D eigenvalue weighted by molar-refractivity contribution is -0.116. The Kier molecular flexibility index (Phi) is 5.64. The van der Waals surface area contributed by atoms with Crippen LogP contribution in [0.2, 0.25) is 0 Å². The summed E-state index contributed by atoms with van der Waals surface area (Å²) in [4.78, 5) is 13.6. The van der Waals surface area contributed by atoms with Crippen molar-refractivity contribution in [3.63, 3.8) is 0 Å². The van der Waals surface area contributed by atoms with Crippen molar-refractivity contribution in [2.75, 3.05) is 10.7 Å². The topological polar surface area (TPSA) is 71.8 Å². The second-order valence-corrected chi connectivity index (χ2v) is 9.44. The van der Waals surface area contributed by atoms with E-state index in [1.165, 1.54) is 17.3 Å². The van der Waals surface area contributed by atoms with E-state index in [1.807, 2.05) is 79.2 Å². The van der Waals surface area contributed by atoms with Crippen LogP contribution in [0.5, 0.6) is 0 Å². The number of carbonyl (C=O) groups is 1. The van der Waals surface area contributed by atoms with Crippen LogP contribution >= 0.6 is 11.8 Å². The van der Waals surface area contributed by atoms with Gasteiger partial charge in [0.05, 0.1) is 6.04 Å². The first kappa shape index (κ1) is 21.3. The summed E-state index contributed by atoms with van der Waals surface area (Å²) in [5.41, 5.74) is 9.68. The fourth-order valence-corrected chi connectivity index (χ4v) is 5.39. The number of hydrogen-bond donors (Lipinski definition) is 2. The van der Waals surface area contributed by atoms with Gasteiger partial charge in [0.25, 0.3) is 0 Å². The second-order valence-electron chi connectivity index (χ2n) is 8.33. The van der Waals surface area contributed by atoms with E-state index in [1.54, 1.807) is 0 Å². The lowest BCUT2D eigenvalue weighted by atomic mass is 10.0. The van der Waals surface area contributed by atoms with Crippen molar-refractivity contribution >= 4 is 23.4 Å². The molecule has 0 aliphatic carbocycles. The maximum absolute atomic E-state index is 13.6. The number of rotatable bonds is 4. The Hall–Kier alpha value is -3.58. The summed E-state index contributed by atoms with van der Waals surface area (Å²) in [5, 5.41) is 12.2. The summed E-state index contributed by atoms with van der Waals surface area (Å²) < 4.78 is 1.89. The first-order chi connectivity index (χ1) is 16.0. The maximum atomic E-state index is 13.6. The summed E-state index contributed by atoms with van der Waals surface area (Å²) in [5.74, 6) is 0.662. The van der Waals surface area contributed by atoms with Crippen molar-refractivity contribution < 1.29 is 4.79 Å². The van der Waals surface area contributed by atoms with Crippen molar-refractivity contribution in [2.45, 2.75) is 37.2 Å².